The summed E-state index contributed by atoms with van der Waals surface area (Å²) in [6, 6.07) is 10.2. The van der Waals surface area contributed by atoms with E-state index in [1.807, 2.05) is 47.8 Å². The van der Waals surface area contributed by atoms with Crippen LogP contribution in [-0.2, 0) is 20.5 Å². The molecule has 7 nitrogen and oxygen atoms in total. The van der Waals surface area contributed by atoms with Gasteiger partial charge in [0.25, 0.3) is 0 Å². The zero-order valence-electron chi connectivity index (χ0n) is 22.9. The van der Waals surface area contributed by atoms with Gasteiger partial charge in [-0.25, -0.2) is 8.93 Å². The van der Waals surface area contributed by atoms with Crippen LogP contribution in [0, 0.1) is 0 Å². The van der Waals surface area contributed by atoms with E-state index in [0.717, 1.165) is 25.7 Å². The molecule has 0 aromatic heterocycles. The van der Waals surface area contributed by atoms with Gasteiger partial charge in [-0.05, 0) is 85.1 Å². The van der Waals surface area contributed by atoms with Gasteiger partial charge in [0.1, 0.15) is 17.7 Å². The lowest BCUT2D eigenvalue weighted by atomic mass is 9.82. The molecule has 0 spiro atoms. The molecule has 1 aromatic rings. The standard InChI is InChI=1S/C28H46N3O4S/c1-26(2,3)35-25(32)31-18-10-17-28(20-29,30-36(33)27(4,5)6)24(31)19-34-23-15-13-22(14-16-23)21-11-8-7-9-12-21/h7-9,11-12,18,22-24,30H,10,13-17,19-20,29H2,1-6H3/q+1. The zero-order chi connectivity index (χ0) is 26.6. The van der Waals surface area contributed by atoms with Gasteiger partial charge in [0.15, 0.2) is 6.21 Å². The molecular formula is C28H46N3O4S+. The van der Waals surface area contributed by atoms with E-state index in [0.29, 0.717) is 25.4 Å². The summed E-state index contributed by atoms with van der Waals surface area (Å²) in [5, 5.41) is 0. The maximum absolute atomic E-state index is 13.2. The Morgan fingerprint density at radius 2 is 1.75 bits per heavy atom. The molecule has 1 aliphatic carbocycles. The highest BCUT2D eigenvalue weighted by molar-refractivity contribution is 7.84. The summed E-state index contributed by atoms with van der Waals surface area (Å²) < 4.78 is 29.9. The Bertz CT molecular complexity index is 930. The lowest BCUT2D eigenvalue weighted by Crippen LogP contribution is -2.68. The van der Waals surface area contributed by atoms with Gasteiger partial charge >= 0.3 is 6.09 Å². The maximum Gasteiger partial charge on any atom is 0.597 e. The second kappa shape index (κ2) is 11.8. The molecule has 0 radical (unpaired) electrons. The van der Waals surface area contributed by atoms with Gasteiger partial charge in [-0.2, -0.15) is 4.79 Å². The molecule has 1 saturated carbocycles. The summed E-state index contributed by atoms with van der Waals surface area (Å²) in [5.41, 5.74) is 6.38. The summed E-state index contributed by atoms with van der Waals surface area (Å²) in [6.07, 6.45) is 6.97. The highest BCUT2D eigenvalue weighted by Gasteiger charge is 2.52. The first-order valence-corrected chi connectivity index (χ1v) is 14.4. The van der Waals surface area contributed by atoms with Gasteiger partial charge < -0.3 is 15.2 Å². The zero-order valence-corrected chi connectivity index (χ0v) is 23.7. The minimum atomic E-state index is -1.35. The highest BCUT2D eigenvalue weighted by Crippen LogP contribution is 2.35. The molecular weight excluding hydrogens is 474 g/mol. The maximum atomic E-state index is 13.2. The average Bonchev–Trinajstić information content (AvgIpc) is 2.82. The lowest BCUT2D eigenvalue weighted by molar-refractivity contribution is -0.511. The van der Waals surface area contributed by atoms with E-state index < -0.39 is 39.0 Å². The Morgan fingerprint density at radius 1 is 1.11 bits per heavy atom. The summed E-state index contributed by atoms with van der Waals surface area (Å²) in [7, 11) is -1.35. The van der Waals surface area contributed by atoms with E-state index in [-0.39, 0.29) is 12.6 Å². The number of rotatable bonds is 7. The first-order chi connectivity index (χ1) is 16.8. The molecule has 1 heterocycles. The number of benzene rings is 1. The summed E-state index contributed by atoms with van der Waals surface area (Å²) in [4.78, 5) is 13.2. The first kappa shape index (κ1) is 29.0. The third kappa shape index (κ3) is 7.46. The molecule has 3 atom stereocenters. The minimum absolute atomic E-state index is 0.121. The largest absolute Gasteiger partial charge is 0.597 e. The van der Waals surface area contributed by atoms with Crippen LogP contribution in [0.1, 0.15) is 91.5 Å². The Kier molecular flexibility index (Phi) is 9.52. The number of hydrogen-bond donors (Lipinski definition) is 2. The summed E-state index contributed by atoms with van der Waals surface area (Å²) in [5.74, 6) is 0.561. The van der Waals surface area contributed by atoms with Crippen LogP contribution < -0.4 is 10.5 Å². The van der Waals surface area contributed by atoms with Crippen molar-refractivity contribution in [2.75, 3.05) is 13.2 Å². The third-order valence-corrected chi connectivity index (χ3v) is 8.85. The van der Waals surface area contributed by atoms with Crippen molar-refractivity contribution in [3.8, 4) is 0 Å². The number of nitrogens with two attached hydrogens (primary N) is 1. The van der Waals surface area contributed by atoms with Crippen molar-refractivity contribution in [1.29, 1.82) is 0 Å². The Morgan fingerprint density at radius 3 is 2.31 bits per heavy atom. The second-order valence-electron chi connectivity index (χ2n) is 12.2. The van der Waals surface area contributed by atoms with Crippen LogP contribution in [0.15, 0.2) is 30.3 Å². The molecule has 36 heavy (non-hydrogen) atoms. The van der Waals surface area contributed by atoms with E-state index in [4.69, 9.17) is 15.2 Å². The average molecular weight is 521 g/mol. The number of nitrogens with zero attached hydrogens (tertiary/aromatic N) is 1. The van der Waals surface area contributed by atoms with Crippen molar-refractivity contribution >= 4 is 23.3 Å². The summed E-state index contributed by atoms with van der Waals surface area (Å²) >= 11 is 0. The van der Waals surface area contributed by atoms with E-state index in [9.17, 15) is 9.00 Å². The third-order valence-electron chi connectivity index (χ3n) is 7.15. The molecule has 202 valence electrons. The van der Waals surface area contributed by atoms with Gasteiger partial charge in [-0.15, -0.1) is 4.58 Å². The van der Waals surface area contributed by atoms with Crippen molar-refractivity contribution in [3.05, 3.63) is 35.9 Å². The normalized spacial score (nSPS) is 28.3. The molecule has 3 unspecified atom stereocenters. The highest BCUT2D eigenvalue weighted by atomic mass is 32.2. The number of carbonyl (C=O) groups excluding carboxylic acids is 1. The number of nitrogens with one attached hydrogen (secondary N) is 1. The van der Waals surface area contributed by atoms with Gasteiger partial charge in [0.05, 0.1) is 21.8 Å². The fourth-order valence-corrected chi connectivity index (χ4v) is 6.03. The Balaban J connectivity index is 1.77. The molecule has 0 bridgehead atoms. The van der Waals surface area contributed by atoms with E-state index >= 15 is 0 Å². The monoisotopic (exact) mass is 520 g/mol. The van der Waals surface area contributed by atoms with Crippen LogP contribution in [0.4, 0.5) is 4.79 Å². The van der Waals surface area contributed by atoms with Crippen molar-refractivity contribution < 1.29 is 23.1 Å². The van der Waals surface area contributed by atoms with Crippen LogP contribution in [-0.4, -0.2) is 62.3 Å². The van der Waals surface area contributed by atoms with Gasteiger partial charge in [0, 0.05) is 13.0 Å². The topological polar surface area (TPSA) is 93.7 Å². The lowest BCUT2D eigenvalue weighted by Gasteiger charge is -2.41. The van der Waals surface area contributed by atoms with Gasteiger partial charge in [0.2, 0.25) is 6.04 Å². The van der Waals surface area contributed by atoms with Crippen LogP contribution in [0.25, 0.3) is 0 Å². The van der Waals surface area contributed by atoms with Crippen molar-refractivity contribution in [2.45, 2.75) is 114 Å². The molecule has 0 saturated heterocycles. The fraction of sp³-hybridized carbons (Fsp3) is 0.714. The molecule has 3 rings (SSSR count). The molecule has 1 aromatic carbocycles. The smallest absolute Gasteiger partial charge is 0.406 e. The van der Waals surface area contributed by atoms with Crippen LogP contribution in [0.3, 0.4) is 0 Å². The molecule has 1 amide bonds. The van der Waals surface area contributed by atoms with Crippen molar-refractivity contribution in [3.63, 3.8) is 0 Å². The first-order valence-electron chi connectivity index (χ1n) is 13.3. The Hall–Kier alpha value is -1.61. The van der Waals surface area contributed by atoms with Gasteiger partial charge in [-0.1, -0.05) is 30.3 Å². The predicted molar refractivity (Wildman–Crippen MR) is 146 cm³/mol. The predicted octanol–water partition coefficient (Wildman–Crippen LogP) is 4.66. The quantitative estimate of drug-likeness (QED) is 0.510. The van der Waals surface area contributed by atoms with Crippen LogP contribution in [0.2, 0.25) is 0 Å². The van der Waals surface area contributed by atoms with Crippen molar-refractivity contribution in [1.82, 2.24) is 4.72 Å². The Labute approximate surface area is 219 Å². The van der Waals surface area contributed by atoms with E-state index in [1.54, 1.807) is 4.58 Å². The van der Waals surface area contributed by atoms with Crippen molar-refractivity contribution in [2.24, 2.45) is 5.73 Å². The summed E-state index contributed by atoms with van der Waals surface area (Å²) in [6.45, 7) is 11.9. The molecule has 1 aliphatic heterocycles. The van der Waals surface area contributed by atoms with Gasteiger partial charge in [-0.3, -0.25) is 0 Å². The second-order valence-corrected chi connectivity index (χ2v) is 14.2. The number of ether oxygens (including phenoxy) is 2. The van der Waals surface area contributed by atoms with E-state index in [1.165, 1.54) is 5.56 Å². The number of amides is 1. The fourth-order valence-electron chi connectivity index (χ4n) is 5.03. The molecule has 2 aliphatic rings. The minimum Gasteiger partial charge on any atom is -0.406 e. The van der Waals surface area contributed by atoms with Crippen LogP contribution >= 0.6 is 0 Å². The van der Waals surface area contributed by atoms with Crippen LogP contribution in [0.5, 0.6) is 0 Å². The molecule has 3 N–H and O–H groups in total. The van der Waals surface area contributed by atoms with E-state index in [2.05, 4.69) is 35.1 Å². The number of hydrogen-bond acceptors (Lipinski definition) is 5. The molecule has 8 heteroatoms. The number of carbonyl (C=O) groups is 1. The SMILES string of the molecule is CC(C)(C)OC(=O)[N+]1=CCCC(CN)(NS(=O)C(C)(C)C)C1COC1CCC(c2ccccc2)CC1. The molecule has 1 fully saturated rings.